The van der Waals surface area contributed by atoms with Crippen molar-refractivity contribution < 1.29 is 4.39 Å². The fourth-order valence-electron chi connectivity index (χ4n) is 2.18. The average Bonchev–Trinajstić information content (AvgIpc) is 2.36. The zero-order chi connectivity index (χ0) is 14.0. The van der Waals surface area contributed by atoms with Crippen LogP contribution in [0.1, 0.15) is 22.7 Å². The molecule has 0 aliphatic carbocycles. The Morgan fingerprint density at radius 1 is 1.05 bits per heavy atom. The van der Waals surface area contributed by atoms with Gasteiger partial charge in [-0.05, 0) is 61.0 Å². The molecule has 1 unspecified atom stereocenters. The van der Waals surface area contributed by atoms with Crippen LogP contribution in [0.2, 0.25) is 10.0 Å². The standard InChI is InChI=1S/C15H14Cl2FN/c1-9-7-10(16)3-5-12(9)15(19-2)13-8-11(18)4-6-14(13)17/h3-8,15,19H,1-2H3. The van der Waals surface area contributed by atoms with Crippen molar-refractivity contribution in [3.05, 3.63) is 69.0 Å². The van der Waals surface area contributed by atoms with E-state index in [1.165, 1.54) is 12.1 Å². The summed E-state index contributed by atoms with van der Waals surface area (Å²) in [7, 11) is 1.82. The van der Waals surface area contributed by atoms with Gasteiger partial charge < -0.3 is 5.32 Å². The molecule has 0 aliphatic heterocycles. The number of aryl methyl sites for hydroxylation is 1. The minimum Gasteiger partial charge on any atom is -0.309 e. The molecule has 1 atom stereocenters. The van der Waals surface area contributed by atoms with Crippen molar-refractivity contribution >= 4 is 23.2 Å². The predicted octanol–water partition coefficient (Wildman–Crippen LogP) is 4.75. The first-order valence-electron chi connectivity index (χ1n) is 5.91. The van der Waals surface area contributed by atoms with Crippen LogP contribution in [0.25, 0.3) is 0 Å². The van der Waals surface area contributed by atoms with Crippen molar-refractivity contribution in [2.75, 3.05) is 7.05 Å². The van der Waals surface area contributed by atoms with Gasteiger partial charge in [-0.3, -0.25) is 0 Å². The second-order valence-corrected chi connectivity index (χ2v) is 5.23. The number of hydrogen-bond acceptors (Lipinski definition) is 1. The Hall–Kier alpha value is -1.09. The van der Waals surface area contributed by atoms with Crippen LogP contribution in [-0.4, -0.2) is 7.05 Å². The maximum absolute atomic E-state index is 13.4. The molecule has 19 heavy (non-hydrogen) atoms. The zero-order valence-corrected chi connectivity index (χ0v) is 12.2. The summed E-state index contributed by atoms with van der Waals surface area (Å²) >= 11 is 12.1. The van der Waals surface area contributed by atoms with Gasteiger partial charge in [-0.15, -0.1) is 0 Å². The van der Waals surface area contributed by atoms with Crippen LogP contribution in [0.4, 0.5) is 4.39 Å². The first-order chi connectivity index (χ1) is 9.02. The summed E-state index contributed by atoms with van der Waals surface area (Å²) in [6.45, 7) is 1.97. The monoisotopic (exact) mass is 297 g/mol. The lowest BCUT2D eigenvalue weighted by Crippen LogP contribution is -2.19. The predicted molar refractivity (Wildman–Crippen MR) is 78.5 cm³/mol. The third kappa shape index (κ3) is 3.08. The summed E-state index contributed by atoms with van der Waals surface area (Å²) in [5.41, 5.74) is 2.78. The Labute approximate surface area is 122 Å². The topological polar surface area (TPSA) is 12.0 Å². The SMILES string of the molecule is CNC(c1ccc(Cl)cc1C)c1cc(F)ccc1Cl. The number of halogens is 3. The van der Waals surface area contributed by atoms with Gasteiger partial charge in [0, 0.05) is 10.0 Å². The molecule has 0 saturated heterocycles. The summed E-state index contributed by atoms with van der Waals surface area (Å²) in [6.07, 6.45) is 0. The van der Waals surface area contributed by atoms with Crippen LogP contribution in [-0.2, 0) is 0 Å². The van der Waals surface area contributed by atoms with E-state index in [1.807, 2.05) is 32.2 Å². The lowest BCUT2D eigenvalue weighted by atomic mass is 9.95. The number of rotatable bonds is 3. The zero-order valence-electron chi connectivity index (χ0n) is 10.7. The summed E-state index contributed by atoms with van der Waals surface area (Å²) < 4.78 is 13.4. The van der Waals surface area contributed by atoms with Crippen LogP contribution < -0.4 is 5.32 Å². The van der Waals surface area contributed by atoms with E-state index in [9.17, 15) is 4.39 Å². The fourth-order valence-corrected chi connectivity index (χ4v) is 2.63. The molecular weight excluding hydrogens is 284 g/mol. The Bertz CT molecular complexity index is 599. The van der Waals surface area contributed by atoms with E-state index in [2.05, 4.69) is 5.32 Å². The van der Waals surface area contributed by atoms with Crippen LogP contribution in [0, 0.1) is 12.7 Å². The molecular formula is C15H14Cl2FN. The van der Waals surface area contributed by atoms with Gasteiger partial charge in [0.2, 0.25) is 0 Å². The summed E-state index contributed by atoms with van der Waals surface area (Å²) in [5, 5.41) is 4.39. The summed E-state index contributed by atoms with van der Waals surface area (Å²) in [4.78, 5) is 0. The van der Waals surface area contributed by atoms with Crippen LogP contribution in [0.3, 0.4) is 0 Å². The molecule has 1 nitrogen and oxygen atoms in total. The fraction of sp³-hybridized carbons (Fsp3) is 0.200. The number of hydrogen-bond donors (Lipinski definition) is 1. The minimum atomic E-state index is -0.300. The highest BCUT2D eigenvalue weighted by Crippen LogP contribution is 2.31. The van der Waals surface area contributed by atoms with Crippen LogP contribution in [0.15, 0.2) is 36.4 Å². The third-order valence-corrected chi connectivity index (χ3v) is 3.68. The van der Waals surface area contributed by atoms with E-state index < -0.39 is 0 Å². The van der Waals surface area contributed by atoms with E-state index in [0.717, 1.165) is 16.7 Å². The normalized spacial score (nSPS) is 12.5. The van der Waals surface area contributed by atoms with Gasteiger partial charge in [0.25, 0.3) is 0 Å². The van der Waals surface area contributed by atoms with Gasteiger partial charge in [-0.25, -0.2) is 4.39 Å². The maximum Gasteiger partial charge on any atom is 0.123 e. The number of nitrogens with one attached hydrogen (secondary N) is 1. The minimum absolute atomic E-state index is 0.166. The lowest BCUT2D eigenvalue weighted by Gasteiger charge is -2.20. The Morgan fingerprint density at radius 3 is 2.42 bits per heavy atom. The molecule has 0 fully saturated rings. The molecule has 100 valence electrons. The molecule has 0 aliphatic rings. The van der Waals surface area contributed by atoms with E-state index in [0.29, 0.717) is 10.0 Å². The average molecular weight is 298 g/mol. The third-order valence-electron chi connectivity index (χ3n) is 3.10. The molecule has 0 bridgehead atoms. The Balaban J connectivity index is 2.52. The number of benzene rings is 2. The molecule has 2 aromatic carbocycles. The van der Waals surface area contributed by atoms with E-state index >= 15 is 0 Å². The Morgan fingerprint density at radius 2 is 1.79 bits per heavy atom. The van der Waals surface area contributed by atoms with Gasteiger partial charge in [-0.2, -0.15) is 0 Å². The van der Waals surface area contributed by atoms with Crippen molar-refractivity contribution in [3.8, 4) is 0 Å². The van der Waals surface area contributed by atoms with Crippen molar-refractivity contribution in [2.45, 2.75) is 13.0 Å². The molecule has 2 aromatic rings. The van der Waals surface area contributed by atoms with Gasteiger partial charge in [0.15, 0.2) is 0 Å². The van der Waals surface area contributed by atoms with E-state index in [4.69, 9.17) is 23.2 Å². The summed E-state index contributed by atoms with van der Waals surface area (Å²) in [5.74, 6) is -0.300. The molecule has 0 radical (unpaired) electrons. The molecule has 0 saturated carbocycles. The lowest BCUT2D eigenvalue weighted by molar-refractivity contribution is 0.616. The largest absolute Gasteiger partial charge is 0.309 e. The van der Waals surface area contributed by atoms with Crippen LogP contribution in [0.5, 0.6) is 0 Å². The summed E-state index contributed by atoms with van der Waals surface area (Å²) in [6, 6.07) is 9.85. The van der Waals surface area contributed by atoms with Crippen molar-refractivity contribution in [1.82, 2.24) is 5.32 Å². The van der Waals surface area contributed by atoms with Gasteiger partial charge in [-0.1, -0.05) is 29.3 Å². The first-order valence-corrected chi connectivity index (χ1v) is 6.66. The molecule has 2 rings (SSSR count). The molecule has 1 N–H and O–H groups in total. The van der Waals surface area contributed by atoms with Crippen molar-refractivity contribution in [3.63, 3.8) is 0 Å². The highest BCUT2D eigenvalue weighted by Gasteiger charge is 2.17. The second-order valence-electron chi connectivity index (χ2n) is 4.39. The molecule has 0 aromatic heterocycles. The molecule has 0 heterocycles. The quantitative estimate of drug-likeness (QED) is 0.862. The van der Waals surface area contributed by atoms with Gasteiger partial charge in [0.05, 0.1) is 6.04 Å². The maximum atomic E-state index is 13.4. The van der Waals surface area contributed by atoms with Crippen LogP contribution >= 0.6 is 23.2 Å². The molecule has 0 amide bonds. The van der Waals surface area contributed by atoms with Crippen molar-refractivity contribution in [2.24, 2.45) is 0 Å². The van der Waals surface area contributed by atoms with Gasteiger partial charge in [0.1, 0.15) is 5.82 Å². The smallest absolute Gasteiger partial charge is 0.123 e. The highest BCUT2D eigenvalue weighted by atomic mass is 35.5. The van der Waals surface area contributed by atoms with E-state index in [-0.39, 0.29) is 11.9 Å². The van der Waals surface area contributed by atoms with E-state index in [1.54, 1.807) is 6.07 Å². The molecule has 4 heteroatoms. The highest BCUT2D eigenvalue weighted by molar-refractivity contribution is 6.31. The first kappa shape index (κ1) is 14.3. The Kier molecular flexibility index (Phi) is 4.46. The molecule has 0 spiro atoms. The van der Waals surface area contributed by atoms with Crippen molar-refractivity contribution in [1.29, 1.82) is 0 Å². The second kappa shape index (κ2) is 5.91. The van der Waals surface area contributed by atoms with Gasteiger partial charge >= 0.3 is 0 Å².